The zero-order valence-corrected chi connectivity index (χ0v) is 17.6. The molecule has 0 aliphatic rings. The smallest absolute Gasteiger partial charge is 0.274 e. The molecule has 4 aromatic heterocycles. The van der Waals surface area contributed by atoms with Crippen LogP contribution in [-0.2, 0) is 6.54 Å². The van der Waals surface area contributed by atoms with E-state index in [0.717, 1.165) is 44.9 Å². The van der Waals surface area contributed by atoms with Crippen LogP contribution in [0.1, 0.15) is 33.1 Å². The molecule has 7 nitrogen and oxygen atoms in total. The lowest BCUT2D eigenvalue weighted by Crippen LogP contribution is -2.14. The van der Waals surface area contributed by atoms with E-state index in [4.69, 9.17) is 5.10 Å². The number of carbonyl (C=O) groups is 1. The summed E-state index contributed by atoms with van der Waals surface area (Å²) in [5.74, 6) is -0.210. The molecule has 0 unspecified atom stereocenters. The molecule has 5 aromatic rings. The van der Waals surface area contributed by atoms with Crippen LogP contribution >= 0.6 is 0 Å². The first kappa shape index (κ1) is 19.0. The maximum atomic E-state index is 13.1. The third kappa shape index (κ3) is 3.44. The van der Waals surface area contributed by atoms with Crippen molar-refractivity contribution < 1.29 is 4.79 Å². The van der Waals surface area contributed by atoms with Crippen LogP contribution in [0.3, 0.4) is 0 Å². The molecule has 0 spiro atoms. The average Bonchev–Trinajstić information content (AvgIpc) is 3.29. The van der Waals surface area contributed by atoms with E-state index < -0.39 is 0 Å². The Morgan fingerprint density at radius 3 is 2.71 bits per heavy atom. The number of fused-ring (bicyclic) bond motifs is 2. The van der Waals surface area contributed by atoms with Crippen LogP contribution in [-0.4, -0.2) is 30.1 Å². The van der Waals surface area contributed by atoms with Gasteiger partial charge in [-0.2, -0.15) is 5.10 Å². The topological polar surface area (TPSA) is 77.1 Å². The van der Waals surface area contributed by atoms with Crippen molar-refractivity contribution in [2.24, 2.45) is 0 Å². The minimum Gasteiger partial charge on any atom is -0.320 e. The molecule has 0 saturated carbocycles. The molecule has 5 rings (SSSR count). The highest BCUT2D eigenvalue weighted by Crippen LogP contribution is 2.27. The van der Waals surface area contributed by atoms with Crippen LogP contribution in [0.25, 0.3) is 16.6 Å². The number of amides is 1. The molecule has 1 amide bonds. The number of anilines is 1. The lowest BCUT2D eigenvalue weighted by atomic mass is 10.1. The number of benzene rings is 1. The van der Waals surface area contributed by atoms with E-state index >= 15 is 0 Å². The van der Waals surface area contributed by atoms with Crippen LogP contribution in [0.15, 0.2) is 60.9 Å². The first-order chi connectivity index (χ1) is 15.0. The second kappa shape index (κ2) is 7.36. The van der Waals surface area contributed by atoms with Crippen molar-refractivity contribution in [2.75, 3.05) is 5.32 Å². The van der Waals surface area contributed by atoms with Gasteiger partial charge in [0.15, 0.2) is 0 Å². The van der Waals surface area contributed by atoms with Gasteiger partial charge in [-0.05, 0) is 56.7 Å². The molecule has 0 radical (unpaired) electrons. The number of nitrogens with one attached hydrogen (secondary N) is 1. The number of aryl methyl sites for hydroxylation is 3. The Morgan fingerprint density at radius 2 is 1.87 bits per heavy atom. The number of pyridine rings is 2. The third-order valence-corrected chi connectivity index (χ3v) is 5.35. The van der Waals surface area contributed by atoms with Crippen molar-refractivity contribution >= 4 is 28.1 Å². The van der Waals surface area contributed by atoms with Crippen LogP contribution in [0, 0.1) is 20.8 Å². The van der Waals surface area contributed by atoms with Gasteiger partial charge >= 0.3 is 0 Å². The maximum Gasteiger partial charge on any atom is 0.274 e. The van der Waals surface area contributed by atoms with E-state index in [2.05, 4.69) is 15.3 Å². The molecule has 0 saturated heterocycles. The Morgan fingerprint density at radius 1 is 1.03 bits per heavy atom. The second-order valence-corrected chi connectivity index (χ2v) is 7.75. The Labute approximate surface area is 179 Å². The highest BCUT2D eigenvalue weighted by molar-refractivity contribution is 6.08. The summed E-state index contributed by atoms with van der Waals surface area (Å²) in [5, 5.41) is 8.70. The molecule has 0 aliphatic heterocycles. The summed E-state index contributed by atoms with van der Waals surface area (Å²) < 4.78 is 3.74. The molecule has 4 heterocycles. The number of hydrogen-bond acceptors (Lipinski definition) is 4. The standard InChI is InChI=1S/C24H22N6O/c1-15-10-11-22-25-12-21(29(22)13-15)24(31)27-19-8-5-9-20-23(19)17(3)28-30(20)14-18-7-4-6-16(2)26-18/h4-13H,14H2,1-3H3,(H,27,31). The van der Waals surface area contributed by atoms with Gasteiger partial charge in [-0.1, -0.05) is 18.2 Å². The maximum absolute atomic E-state index is 13.1. The van der Waals surface area contributed by atoms with Crippen molar-refractivity contribution in [3.63, 3.8) is 0 Å². The van der Waals surface area contributed by atoms with Crippen LogP contribution < -0.4 is 5.32 Å². The molecule has 1 aromatic carbocycles. The first-order valence-corrected chi connectivity index (χ1v) is 10.1. The number of nitrogens with zero attached hydrogens (tertiary/aromatic N) is 5. The van der Waals surface area contributed by atoms with E-state index in [1.54, 1.807) is 6.20 Å². The average molecular weight is 410 g/mol. The Bertz CT molecular complexity index is 1450. The summed E-state index contributed by atoms with van der Waals surface area (Å²) in [6.45, 7) is 6.49. The SMILES string of the molecule is Cc1ccc2ncc(C(=O)Nc3cccc4c3c(C)nn4Cc3cccc(C)n3)n2c1. The number of aromatic nitrogens is 5. The van der Waals surface area contributed by atoms with Gasteiger partial charge in [0, 0.05) is 17.3 Å². The summed E-state index contributed by atoms with van der Waals surface area (Å²) >= 11 is 0. The minimum absolute atomic E-state index is 0.210. The molecule has 1 N–H and O–H groups in total. The van der Waals surface area contributed by atoms with E-state index in [1.165, 1.54) is 0 Å². The predicted molar refractivity (Wildman–Crippen MR) is 120 cm³/mol. The summed E-state index contributed by atoms with van der Waals surface area (Å²) in [7, 11) is 0. The zero-order valence-electron chi connectivity index (χ0n) is 17.6. The molecular formula is C24H22N6O. The number of carbonyl (C=O) groups excluding carboxylic acids is 1. The van der Waals surface area contributed by atoms with Crippen LogP contribution in [0.5, 0.6) is 0 Å². The largest absolute Gasteiger partial charge is 0.320 e. The van der Waals surface area contributed by atoms with Gasteiger partial charge in [-0.3, -0.25) is 18.9 Å². The lowest BCUT2D eigenvalue weighted by Gasteiger charge is -2.08. The van der Waals surface area contributed by atoms with Crippen molar-refractivity contribution in [1.82, 2.24) is 24.1 Å². The summed E-state index contributed by atoms with van der Waals surface area (Å²) in [6.07, 6.45) is 3.51. The van der Waals surface area contributed by atoms with Gasteiger partial charge < -0.3 is 5.32 Å². The summed E-state index contributed by atoms with van der Waals surface area (Å²) in [6, 6.07) is 15.7. The van der Waals surface area contributed by atoms with Crippen molar-refractivity contribution in [2.45, 2.75) is 27.3 Å². The van der Waals surface area contributed by atoms with Gasteiger partial charge in [-0.25, -0.2) is 4.98 Å². The molecule has 0 atom stereocenters. The molecule has 7 heteroatoms. The number of rotatable bonds is 4. The van der Waals surface area contributed by atoms with Crippen molar-refractivity contribution in [3.8, 4) is 0 Å². The third-order valence-electron chi connectivity index (χ3n) is 5.35. The van der Waals surface area contributed by atoms with Gasteiger partial charge in [0.2, 0.25) is 0 Å². The van der Waals surface area contributed by atoms with Gasteiger partial charge in [0.05, 0.1) is 35.3 Å². The molecule has 0 aliphatic carbocycles. The molecule has 0 bridgehead atoms. The van der Waals surface area contributed by atoms with Gasteiger partial charge in [-0.15, -0.1) is 0 Å². The second-order valence-electron chi connectivity index (χ2n) is 7.75. The highest BCUT2D eigenvalue weighted by Gasteiger charge is 2.17. The fraction of sp³-hybridized carbons (Fsp3) is 0.167. The van der Waals surface area contributed by atoms with Crippen LogP contribution in [0.2, 0.25) is 0 Å². The number of imidazole rings is 1. The molecule has 154 valence electrons. The fourth-order valence-corrected chi connectivity index (χ4v) is 3.93. The van der Waals surface area contributed by atoms with Gasteiger partial charge in [0.1, 0.15) is 11.3 Å². The zero-order chi connectivity index (χ0) is 21.5. The monoisotopic (exact) mass is 410 g/mol. The predicted octanol–water partition coefficient (Wildman–Crippen LogP) is 4.30. The fourth-order valence-electron chi connectivity index (χ4n) is 3.93. The Kier molecular flexibility index (Phi) is 4.51. The minimum atomic E-state index is -0.210. The Hall–Kier alpha value is -4.00. The normalized spacial score (nSPS) is 11.3. The summed E-state index contributed by atoms with van der Waals surface area (Å²) in [5.41, 5.74) is 6.74. The lowest BCUT2D eigenvalue weighted by molar-refractivity contribution is 0.102. The summed E-state index contributed by atoms with van der Waals surface area (Å²) in [4.78, 5) is 22.0. The van der Waals surface area contributed by atoms with E-state index in [0.29, 0.717) is 12.2 Å². The van der Waals surface area contributed by atoms with Crippen molar-refractivity contribution in [1.29, 1.82) is 0 Å². The van der Waals surface area contributed by atoms with E-state index in [-0.39, 0.29) is 5.91 Å². The van der Waals surface area contributed by atoms with E-state index in [1.807, 2.05) is 84.6 Å². The van der Waals surface area contributed by atoms with E-state index in [9.17, 15) is 4.79 Å². The first-order valence-electron chi connectivity index (χ1n) is 10.1. The molecule has 0 fully saturated rings. The Balaban J connectivity index is 1.51. The highest BCUT2D eigenvalue weighted by atomic mass is 16.1. The van der Waals surface area contributed by atoms with Crippen LogP contribution in [0.4, 0.5) is 5.69 Å². The van der Waals surface area contributed by atoms with Gasteiger partial charge in [0.25, 0.3) is 5.91 Å². The number of hydrogen-bond donors (Lipinski definition) is 1. The quantitative estimate of drug-likeness (QED) is 0.479. The molecule has 31 heavy (non-hydrogen) atoms. The molecular weight excluding hydrogens is 388 g/mol. The van der Waals surface area contributed by atoms with Crippen molar-refractivity contribution in [3.05, 3.63) is 89.3 Å².